The van der Waals surface area contributed by atoms with Crippen LogP contribution in [0.1, 0.15) is 55.1 Å². The van der Waals surface area contributed by atoms with Gasteiger partial charge in [-0.3, -0.25) is 4.79 Å². The van der Waals surface area contributed by atoms with Gasteiger partial charge in [-0.15, -0.1) is 0 Å². The zero-order valence-electron chi connectivity index (χ0n) is 18.4. The Kier molecular flexibility index (Phi) is 9.29. The average molecular weight is 409 g/mol. The molecule has 5 heteroatoms. The van der Waals surface area contributed by atoms with Gasteiger partial charge in [0.1, 0.15) is 6.61 Å². The predicted molar refractivity (Wildman–Crippen MR) is 123 cm³/mol. The van der Waals surface area contributed by atoms with Gasteiger partial charge in [0.15, 0.2) is 0 Å². The summed E-state index contributed by atoms with van der Waals surface area (Å²) in [5.41, 5.74) is 3.33. The van der Waals surface area contributed by atoms with Gasteiger partial charge in [0.2, 0.25) is 5.91 Å². The van der Waals surface area contributed by atoms with Gasteiger partial charge in [0, 0.05) is 18.3 Å². The molecule has 0 heterocycles. The highest BCUT2D eigenvalue weighted by Crippen LogP contribution is 2.15. The summed E-state index contributed by atoms with van der Waals surface area (Å²) >= 11 is 0. The summed E-state index contributed by atoms with van der Waals surface area (Å²) in [7, 11) is 0. The number of rotatable bonds is 10. The lowest BCUT2D eigenvalue weighted by molar-refractivity contribution is -0.111. The van der Waals surface area contributed by atoms with Crippen LogP contribution < -0.4 is 5.32 Å². The highest BCUT2D eigenvalue weighted by molar-refractivity contribution is 6.02. The van der Waals surface area contributed by atoms with E-state index < -0.39 is 0 Å². The maximum Gasteiger partial charge on any atom is 0.338 e. The van der Waals surface area contributed by atoms with Gasteiger partial charge < -0.3 is 15.0 Å². The molecule has 1 N–H and O–H groups in total. The summed E-state index contributed by atoms with van der Waals surface area (Å²) < 4.78 is 5.31. The summed E-state index contributed by atoms with van der Waals surface area (Å²) in [6.07, 6.45) is 3.28. The first-order valence-corrected chi connectivity index (χ1v) is 10.5. The Labute approximate surface area is 179 Å². The van der Waals surface area contributed by atoms with E-state index in [-0.39, 0.29) is 11.9 Å². The van der Waals surface area contributed by atoms with Crippen molar-refractivity contribution in [1.29, 1.82) is 0 Å². The van der Waals surface area contributed by atoms with Crippen LogP contribution in [0.15, 0.2) is 54.6 Å². The molecule has 1 amide bonds. The highest BCUT2D eigenvalue weighted by atomic mass is 16.5. The first kappa shape index (κ1) is 23.4. The molecule has 0 bridgehead atoms. The lowest BCUT2D eigenvalue weighted by atomic mass is 10.0. The highest BCUT2D eigenvalue weighted by Gasteiger charge is 2.08. The Morgan fingerprint density at radius 3 is 2.20 bits per heavy atom. The topological polar surface area (TPSA) is 58.6 Å². The van der Waals surface area contributed by atoms with E-state index in [2.05, 4.69) is 50.0 Å². The van der Waals surface area contributed by atoms with Gasteiger partial charge in [-0.1, -0.05) is 52.0 Å². The third kappa shape index (κ3) is 7.48. The number of likely N-dealkylation sites (N-methyl/N-ethyl adjacent to an activating group) is 1. The Morgan fingerprint density at radius 1 is 1.00 bits per heavy atom. The van der Waals surface area contributed by atoms with Crippen LogP contribution in [0.5, 0.6) is 0 Å². The Hall–Kier alpha value is -2.92. The summed E-state index contributed by atoms with van der Waals surface area (Å²) in [4.78, 5) is 26.5. The Morgan fingerprint density at radius 2 is 1.63 bits per heavy atom. The van der Waals surface area contributed by atoms with Crippen LogP contribution in [0.3, 0.4) is 0 Å². The van der Waals surface area contributed by atoms with Crippen LogP contribution in [0.2, 0.25) is 0 Å². The minimum absolute atomic E-state index is 0.225. The zero-order chi connectivity index (χ0) is 21.9. The monoisotopic (exact) mass is 408 g/mol. The van der Waals surface area contributed by atoms with E-state index in [1.54, 1.807) is 30.3 Å². The van der Waals surface area contributed by atoms with Gasteiger partial charge in [-0.25, -0.2) is 4.79 Å². The van der Waals surface area contributed by atoms with Crippen molar-refractivity contribution >= 4 is 23.6 Å². The maximum atomic E-state index is 12.1. The average Bonchev–Trinajstić information content (AvgIpc) is 2.76. The van der Waals surface area contributed by atoms with Crippen LogP contribution in [0.4, 0.5) is 5.69 Å². The third-order valence-corrected chi connectivity index (χ3v) is 4.95. The second-order valence-corrected chi connectivity index (χ2v) is 7.38. The van der Waals surface area contributed by atoms with Crippen LogP contribution in [0.25, 0.3) is 6.08 Å². The van der Waals surface area contributed by atoms with Crippen molar-refractivity contribution in [1.82, 2.24) is 4.90 Å². The second-order valence-electron chi connectivity index (χ2n) is 7.38. The molecular formula is C25H32N2O3. The molecule has 0 aliphatic heterocycles. The molecule has 0 aliphatic carbocycles. The van der Waals surface area contributed by atoms with Crippen molar-refractivity contribution in [3.63, 3.8) is 0 Å². The van der Waals surface area contributed by atoms with Crippen LogP contribution in [0, 0.1) is 0 Å². The predicted octanol–water partition coefficient (Wildman–Crippen LogP) is 4.96. The molecule has 0 unspecified atom stereocenters. The largest absolute Gasteiger partial charge is 0.461 e. The minimum Gasteiger partial charge on any atom is -0.461 e. The number of ether oxygens (including phenoxy) is 1. The summed E-state index contributed by atoms with van der Waals surface area (Å²) in [5, 5.41) is 2.80. The number of carbonyl (C=O) groups excluding carboxylic acids is 2. The van der Waals surface area contributed by atoms with Crippen molar-refractivity contribution < 1.29 is 14.3 Å². The van der Waals surface area contributed by atoms with E-state index in [0.717, 1.165) is 25.2 Å². The van der Waals surface area contributed by atoms with E-state index in [1.807, 2.05) is 12.1 Å². The molecule has 0 aliphatic rings. The van der Waals surface area contributed by atoms with E-state index in [9.17, 15) is 9.59 Å². The SMILES string of the molecule is CCN(CC)CCOC(=O)c1ccc(NC(=O)/C=C/c2ccc(C(C)C)cc2)cc1. The molecule has 0 atom stereocenters. The Bertz CT molecular complexity index is 836. The summed E-state index contributed by atoms with van der Waals surface area (Å²) in [6.45, 7) is 11.4. The lowest BCUT2D eigenvalue weighted by Gasteiger charge is -2.17. The summed E-state index contributed by atoms with van der Waals surface area (Å²) in [6, 6.07) is 14.9. The van der Waals surface area contributed by atoms with E-state index in [1.165, 1.54) is 11.6 Å². The first-order valence-electron chi connectivity index (χ1n) is 10.5. The molecule has 160 valence electrons. The molecule has 0 saturated heterocycles. The van der Waals surface area contributed by atoms with Gasteiger partial charge in [-0.2, -0.15) is 0 Å². The van der Waals surface area contributed by atoms with Crippen molar-refractivity contribution in [3.8, 4) is 0 Å². The smallest absolute Gasteiger partial charge is 0.338 e. The molecule has 30 heavy (non-hydrogen) atoms. The summed E-state index contributed by atoms with van der Waals surface area (Å²) in [5.74, 6) is -0.101. The number of nitrogens with zero attached hydrogens (tertiary/aromatic N) is 1. The molecule has 2 rings (SSSR count). The fourth-order valence-corrected chi connectivity index (χ4v) is 2.93. The number of amides is 1. The van der Waals surface area contributed by atoms with Gasteiger partial charge in [0.05, 0.1) is 5.56 Å². The van der Waals surface area contributed by atoms with Crippen molar-refractivity contribution in [2.75, 3.05) is 31.6 Å². The number of benzene rings is 2. The van der Waals surface area contributed by atoms with Gasteiger partial charge >= 0.3 is 5.97 Å². The number of esters is 1. The zero-order valence-corrected chi connectivity index (χ0v) is 18.4. The molecular weight excluding hydrogens is 376 g/mol. The van der Waals surface area contributed by atoms with Crippen molar-refractivity contribution in [3.05, 3.63) is 71.3 Å². The molecule has 0 radical (unpaired) electrons. The molecule has 0 saturated carbocycles. The van der Waals surface area contributed by atoms with E-state index >= 15 is 0 Å². The van der Waals surface area contributed by atoms with Gasteiger partial charge in [0.25, 0.3) is 0 Å². The molecule has 5 nitrogen and oxygen atoms in total. The number of hydrogen-bond donors (Lipinski definition) is 1. The molecule has 0 spiro atoms. The minimum atomic E-state index is -0.357. The maximum absolute atomic E-state index is 12.1. The third-order valence-electron chi connectivity index (χ3n) is 4.95. The number of carbonyl (C=O) groups is 2. The first-order chi connectivity index (χ1) is 14.4. The fourth-order valence-electron chi connectivity index (χ4n) is 2.93. The fraction of sp³-hybridized carbons (Fsp3) is 0.360. The normalized spacial score (nSPS) is 11.3. The van der Waals surface area contributed by atoms with Crippen molar-refractivity contribution in [2.45, 2.75) is 33.6 Å². The molecule has 2 aromatic carbocycles. The van der Waals surface area contributed by atoms with Crippen LogP contribution in [-0.2, 0) is 9.53 Å². The molecule has 0 aromatic heterocycles. The molecule has 2 aromatic rings. The van der Waals surface area contributed by atoms with Crippen LogP contribution in [-0.4, -0.2) is 43.0 Å². The second kappa shape index (κ2) is 11.9. The van der Waals surface area contributed by atoms with Gasteiger partial charge in [-0.05, 0) is 60.5 Å². The number of nitrogens with one attached hydrogen (secondary N) is 1. The van der Waals surface area contributed by atoms with Crippen molar-refractivity contribution in [2.24, 2.45) is 0 Å². The number of anilines is 1. The molecule has 0 fully saturated rings. The lowest BCUT2D eigenvalue weighted by Crippen LogP contribution is -2.27. The number of hydrogen-bond acceptors (Lipinski definition) is 4. The van der Waals surface area contributed by atoms with E-state index in [0.29, 0.717) is 23.8 Å². The standard InChI is InChI=1S/C25H32N2O3/c1-5-27(6-2)17-18-30-25(29)22-12-14-23(15-13-22)26-24(28)16-9-20-7-10-21(11-8-20)19(3)4/h7-16,19H,5-6,17-18H2,1-4H3,(H,26,28)/b16-9+. The quantitative estimate of drug-likeness (QED) is 0.446. The van der Waals surface area contributed by atoms with Crippen LogP contribution >= 0.6 is 0 Å². The Balaban J connectivity index is 1.84. The van der Waals surface area contributed by atoms with E-state index in [4.69, 9.17) is 4.74 Å².